The first-order valence-corrected chi connectivity index (χ1v) is 11.9. The molecule has 2 fully saturated rings. The van der Waals surface area contributed by atoms with E-state index in [-0.39, 0.29) is 5.92 Å². The molecule has 0 spiro atoms. The van der Waals surface area contributed by atoms with Crippen molar-refractivity contribution in [1.29, 1.82) is 0 Å². The number of anilines is 1. The van der Waals surface area contributed by atoms with Gasteiger partial charge in [0.1, 0.15) is 5.75 Å². The van der Waals surface area contributed by atoms with E-state index in [1.54, 1.807) is 7.11 Å². The number of methoxy groups -OCH3 is 1. The highest BCUT2D eigenvalue weighted by Crippen LogP contribution is 2.27. The number of aryl methyl sites for hydroxylation is 1. The second kappa shape index (κ2) is 9.72. The minimum Gasteiger partial charge on any atom is -0.497 e. The number of carbonyl (C=O) groups is 1. The van der Waals surface area contributed by atoms with Crippen LogP contribution in [-0.2, 0) is 11.2 Å². The number of likely N-dealkylation sites (tertiary alicyclic amines) is 1. The monoisotopic (exact) mass is 449 g/mol. The Bertz CT molecular complexity index is 1070. The summed E-state index contributed by atoms with van der Waals surface area (Å²) in [6.07, 6.45) is 6.22. The Labute approximate surface area is 193 Å². The van der Waals surface area contributed by atoms with Crippen LogP contribution >= 0.6 is 0 Å². The SMILES string of the molecule is COc1ccc(CCC2CCN(C(=O)C3CCN(c4ccc5nnnn5n4)CC3)CC2)cc1. The number of ether oxygens (including phenoxy) is 1. The molecule has 0 aliphatic carbocycles. The van der Waals surface area contributed by atoms with E-state index in [9.17, 15) is 4.79 Å². The summed E-state index contributed by atoms with van der Waals surface area (Å²) in [5.41, 5.74) is 1.99. The van der Waals surface area contributed by atoms with Crippen molar-refractivity contribution in [1.82, 2.24) is 30.2 Å². The lowest BCUT2D eigenvalue weighted by Crippen LogP contribution is -2.45. The smallest absolute Gasteiger partial charge is 0.225 e. The zero-order chi connectivity index (χ0) is 22.6. The van der Waals surface area contributed by atoms with Crippen LogP contribution in [0.5, 0.6) is 5.75 Å². The van der Waals surface area contributed by atoms with Crippen molar-refractivity contribution < 1.29 is 9.53 Å². The van der Waals surface area contributed by atoms with E-state index in [1.807, 2.05) is 24.3 Å². The molecule has 2 aromatic heterocycles. The predicted octanol–water partition coefficient (Wildman–Crippen LogP) is 2.62. The topological polar surface area (TPSA) is 88.8 Å². The van der Waals surface area contributed by atoms with Crippen molar-refractivity contribution in [2.24, 2.45) is 11.8 Å². The minimum absolute atomic E-state index is 0.119. The fraction of sp³-hybridized carbons (Fsp3) is 0.542. The average Bonchev–Trinajstić information content (AvgIpc) is 3.36. The zero-order valence-electron chi connectivity index (χ0n) is 19.1. The molecule has 33 heavy (non-hydrogen) atoms. The van der Waals surface area contributed by atoms with Crippen LogP contribution in [0.4, 0.5) is 5.82 Å². The summed E-state index contributed by atoms with van der Waals surface area (Å²) >= 11 is 0. The fourth-order valence-corrected chi connectivity index (χ4v) is 5.03. The van der Waals surface area contributed by atoms with Gasteiger partial charge in [0.15, 0.2) is 11.5 Å². The lowest BCUT2D eigenvalue weighted by atomic mass is 9.89. The van der Waals surface area contributed by atoms with Gasteiger partial charge in [0.2, 0.25) is 5.91 Å². The van der Waals surface area contributed by atoms with Crippen LogP contribution in [0, 0.1) is 11.8 Å². The molecular weight excluding hydrogens is 418 g/mol. The molecule has 174 valence electrons. The highest BCUT2D eigenvalue weighted by molar-refractivity contribution is 5.79. The first-order valence-electron chi connectivity index (χ1n) is 11.9. The number of nitrogens with zero attached hydrogens (tertiary/aromatic N) is 7. The standard InChI is InChI=1S/C24H31N7O2/c1-33-21-6-4-18(5-7-21)2-3-19-10-14-30(15-11-19)24(32)20-12-16-29(17-13-20)23-9-8-22-25-27-28-31(22)26-23/h4-9,19-20H,2-3,10-17H2,1H3. The van der Waals surface area contributed by atoms with Gasteiger partial charge in [0.05, 0.1) is 7.11 Å². The van der Waals surface area contributed by atoms with E-state index in [0.717, 1.165) is 69.9 Å². The molecule has 2 aliphatic heterocycles. The number of piperidine rings is 2. The summed E-state index contributed by atoms with van der Waals surface area (Å²) in [7, 11) is 1.70. The molecule has 5 rings (SSSR count). The summed E-state index contributed by atoms with van der Waals surface area (Å²) < 4.78 is 6.69. The molecule has 0 saturated carbocycles. The van der Waals surface area contributed by atoms with Crippen molar-refractivity contribution >= 4 is 17.4 Å². The van der Waals surface area contributed by atoms with Crippen LogP contribution in [0.15, 0.2) is 36.4 Å². The van der Waals surface area contributed by atoms with Crippen LogP contribution in [0.25, 0.3) is 5.65 Å². The fourth-order valence-electron chi connectivity index (χ4n) is 5.03. The maximum atomic E-state index is 13.1. The minimum atomic E-state index is 0.119. The first kappa shape index (κ1) is 21.6. The Kier molecular flexibility index (Phi) is 6.37. The highest BCUT2D eigenvalue weighted by atomic mass is 16.5. The maximum absolute atomic E-state index is 13.1. The van der Waals surface area contributed by atoms with Gasteiger partial charge in [-0.15, -0.1) is 14.8 Å². The van der Waals surface area contributed by atoms with Crippen LogP contribution in [0.2, 0.25) is 0 Å². The molecule has 4 heterocycles. The van der Waals surface area contributed by atoms with Crippen LogP contribution in [0.1, 0.15) is 37.7 Å². The number of aromatic nitrogens is 5. The highest BCUT2D eigenvalue weighted by Gasteiger charge is 2.31. The van der Waals surface area contributed by atoms with E-state index in [1.165, 1.54) is 16.6 Å². The van der Waals surface area contributed by atoms with E-state index < -0.39 is 0 Å². The van der Waals surface area contributed by atoms with Gasteiger partial charge in [-0.2, -0.15) is 0 Å². The zero-order valence-corrected chi connectivity index (χ0v) is 19.1. The second-order valence-corrected chi connectivity index (χ2v) is 9.13. The molecule has 1 amide bonds. The molecule has 2 aliphatic rings. The number of hydrogen-bond donors (Lipinski definition) is 0. The number of amides is 1. The van der Waals surface area contributed by atoms with Gasteiger partial charge in [0, 0.05) is 32.1 Å². The predicted molar refractivity (Wildman–Crippen MR) is 124 cm³/mol. The summed E-state index contributed by atoms with van der Waals surface area (Å²) in [6.45, 7) is 3.44. The number of carbonyl (C=O) groups excluding carboxylic acids is 1. The van der Waals surface area contributed by atoms with E-state index in [4.69, 9.17) is 4.74 Å². The summed E-state index contributed by atoms with van der Waals surface area (Å²) in [5, 5.41) is 15.9. The number of tetrazole rings is 1. The average molecular weight is 450 g/mol. The van der Waals surface area contributed by atoms with Gasteiger partial charge < -0.3 is 14.5 Å². The van der Waals surface area contributed by atoms with Gasteiger partial charge in [-0.1, -0.05) is 12.1 Å². The third-order valence-corrected chi connectivity index (χ3v) is 7.15. The van der Waals surface area contributed by atoms with Crippen molar-refractivity contribution in [3.8, 4) is 5.75 Å². The molecule has 0 atom stereocenters. The van der Waals surface area contributed by atoms with E-state index >= 15 is 0 Å². The number of rotatable bonds is 6. The van der Waals surface area contributed by atoms with Crippen molar-refractivity contribution in [2.45, 2.75) is 38.5 Å². The van der Waals surface area contributed by atoms with Crippen molar-refractivity contribution in [3.63, 3.8) is 0 Å². The molecule has 9 heteroatoms. The van der Waals surface area contributed by atoms with Gasteiger partial charge in [0.25, 0.3) is 0 Å². The molecule has 2 saturated heterocycles. The lowest BCUT2D eigenvalue weighted by Gasteiger charge is -2.37. The van der Waals surface area contributed by atoms with Crippen molar-refractivity contribution in [3.05, 3.63) is 42.0 Å². The van der Waals surface area contributed by atoms with Gasteiger partial charge in [-0.25, -0.2) is 0 Å². The maximum Gasteiger partial charge on any atom is 0.225 e. The third kappa shape index (κ3) is 4.91. The summed E-state index contributed by atoms with van der Waals surface area (Å²) in [5.74, 6) is 2.92. The van der Waals surface area contributed by atoms with Crippen LogP contribution in [-0.4, -0.2) is 69.4 Å². The van der Waals surface area contributed by atoms with Gasteiger partial charge >= 0.3 is 0 Å². The Balaban J connectivity index is 1.06. The van der Waals surface area contributed by atoms with Crippen LogP contribution in [0.3, 0.4) is 0 Å². The summed E-state index contributed by atoms with van der Waals surface area (Å²) in [6, 6.07) is 12.2. The normalized spacial score (nSPS) is 18.1. The molecule has 0 N–H and O–H groups in total. The van der Waals surface area contributed by atoms with Gasteiger partial charge in [-0.05, 0) is 84.7 Å². The number of hydrogen-bond acceptors (Lipinski definition) is 7. The van der Waals surface area contributed by atoms with Crippen LogP contribution < -0.4 is 9.64 Å². The molecular formula is C24H31N7O2. The summed E-state index contributed by atoms with van der Waals surface area (Å²) in [4.78, 5) is 17.5. The molecule has 0 unspecified atom stereocenters. The van der Waals surface area contributed by atoms with Crippen molar-refractivity contribution in [2.75, 3.05) is 38.2 Å². The molecule has 1 aromatic carbocycles. The Morgan fingerprint density at radius 3 is 2.48 bits per heavy atom. The molecule has 3 aromatic rings. The molecule has 9 nitrogen and oxygen atoms in total. The Morgan fingerprint density at radius 2 is 1.76 bits per heavy atom. The third-order valence-electron chi connectivity index (χ3n) is 7.15. The number of benzene rings is 1. The molecule has 0 radical (unpaired) electrons. The Morgan fingerprint density at radius 1 is 1.00 bits per heavy atom. The lowest BCUT2D eigenvalue weighted by molar-refractivity contribution is -0.137. The number of fused-ring (bicyclic) bond motifs is 1. The first-order chi connectivity index (χ1) is 16.2. The van der Waals surface area contributed by atoms with Gasteiger partial charge in [-0.3, -0.25) is 4.79 Å². The van der Waals surface area contributed by atoms with E-state index in [2.05, 4.69) is 42.6 Å². The second-order valence-electron chi connectivity index (χ2n) is 9.13. The van der Waals surface area contributed by atoms with E-state index in [0.29, 0.717) is 17.5 Å². The quantitative estimate of drug-likeness (QED) is 0.571. The molecule has 0 bridgehead atoms. The Hall–Kier alpha value is -3.23. The largest absolute Gasteiger partial charge is 0.497 e.